The monoisotopic (exact) mass is 253 g/mol. The van der Waals surface area contributed by atoms with E-state index in [9.17, 15) is 13.2 Å². The summed E-state index contributed by atoms with van der Waals surface area (Å²) in [6.07, 6.45) is -3.94. The Hall–Kier alpha value is -0.940. The van der Waals surface area contributed by atoms with E-state index in [-0.39, 0.29) is 30.8 Å². The van der Waals surface area contributed by atoms with Gasteiger partial charge in [-0.05, 0) is 18.1 Å². The Balaban J connectivity index is 0.00000128. The lowest BCUT2D eigenvalue weighted by Crippen LogP contribution is -2.34. The first-order valence-electron chi connectivity index (χ1n) is 4.56. The first-order valence-corrected chi connectivity index (χ1v) is 4.56. The zero-order valence-corrected chi connectivity index (χ0v) is 9.07. The molecule has 1 aliphatic rings. The van der Waals surface area contributed by atoms with Crippen molar-refractivity contribution in [2.45, 2.75) is 18.6 Å². The van der Waals surface area contributed by atoms with Crippen molar-refractivity contribution in [2.24, 2.45) is 5.73 Å². The summed E-state index contributed by atoms with van der Waals surface area (Å²) in [6.45, 7) is 0.139. The molecule has 90 valence electrons. The lowest BCUT2D eigenvalue weighted by molar-refractivity contribution is -0.139. The maximum atomic E-state index is 12.6. The topological polar surface area (TPSA) is 35.2 Å². The zero-order valence-electron chi connectivity index (χ0n) is 8.25. The number of hydrogen-bond donors (Lipinski definition) is 1. The highest BCUT2D eigenvalue weighted by atomic mass is 35.5. The van der Waals surface area contributed by atoms with E-state index in [0.29, 0.717) is 12.0 Å². The average Bonchev–Trinajstić information content (AvgIpc) is 2.15. The molecular formula is C10H11ClF3NO. The molecule has 6 heteroatoms. The minimum atomic E-state index is -4.37. The summed E-state index contributed by atoms with van der Waals surface area (Å²) in [5.41, 5.74) is 5.42. The van der Waals surface area contributed by atoms with Crippen molar-refractivity contribution in [1.29, 1.82) is 0 Å². The van der Waals surface area contributed by atoms with Crippen LogP contribution in [0.5, 0.6) is 5.75 Å². The lowest BCUT2D eigenvalue weighted by Gasteiger charge is -2.25. The molecule has 1 unspecified atom stereocenters. The molecule has 1 atom stereocenters. The van der Waals surface area contributed by atoms with Gasteiger partial charge in [0.2, 0.25) is 0 Å². The summed E-state index contributed by atoms with van der Waals surface area (Å²) in [6, 6.07) is 3.79. The molecule has 0 bridgehead atoms. The number of halogens is 4. The molecule has 2 N–H and O–H groups in total. The van der Waals surface area contributed by atoms with Gasteiger partial charge in [-0.25, -0.2) is 0 Å². The molecule has 16 heavy (non-hydrogen) atoms. The quantitative estimate of drug-likeness (QED) is 0.771. The minimum Gasteiger partial charge on any atom is -0.491 e. The summed E-state index contributed by atoms with van der Waals surface area (Å²) < 4.78 is 42.7. The van der Waals surface area contributed by atoms with Crippen LogP contribution >= 0.6 is 12.4 Å². The van der Waals surface area contributed by atoms with E-state index in [0.717, 1.165) is 6.07 Å². The van der Waals surface area contributed by atoms with Crippen molar-refractivity contribution in [2.75, 3.05) is 6.61 Å². The van der Waals surface area contributed by atoms with Crippen LogP contribution in [0.3, 0.4) is 0 Å². The maximum Gasteiger partial charge on any atom is 0.419 e. The Labute approximate surface area is 97.0 Å². The van der Waals surface area contributed by atoms with Gasteiger partial charge in [0.15, 0.2) is 0 Å². The molecule has 1 aromatic rings. The Morgan fingerprint density at radius 3 is 2.62 bits per heavy atom. The number of fused-ring (bicyclic) bond motifs is 1. The van der Waals surface area contributed by atoms with E-state index >= 15 is 0 Å². The molecule has 0 saturated heterocycles. The van der Waals surface area contributed by atoms with Crippen LogP contribution in [0.15, 0.2) is 18.2 Å². The van der Waals surface area contributed by atoms with E-state index < -0.39 is 11.7 Å². The van der Waals surface area contributed by atoms with Crippen LogP contribution in [0.1, 0.15) is 11.1 Å². The van der Waals surface area contributed by atoms with Gasteiger partial charge in [0.1, 0.15) is 12.4 Å². The third-order valence-electron chi connectivity index (χ3n) is 2.33. The maximum absolute atomic E-state index is 12.6. The van der Waals surface area contributed by atoms with Gasteiger partial charge < -0.3 is 10.5 Å². The summed E-state index contributed by atoms with van der Waals surface area (Å²) in [5.74, 6) is -0.0632. The van der Waals surface area contributed by atoms with Crippen LogP contribution in [0.2, 0.25) is 0 Å². The molecule has 1 aliphatic heterocycles. The van der Waals surface area contributed by atoms with Gasteiger partial charge in [0.05, 0.1) is 5.56 Å². The third-order valence-corrected chi connectivity index (χ3v) is 2.33. The highest BCUT2D eigenvalue weighted by Gasteiger charge is 2.36. The van der Waals surface area contributed by atoms with Crippen LogP contribution in [0.4, 0.5) is 13.2 Å². The predicted octanol–water partition coefficient (Wildman–Crippen LogP) is 2.39. The molecular weight excluding hydrogens is 243 g/mol. The first kappa shape index (κ1) is 13.1. The second kappa shape index (κ2) is 4.51. The molecule has 0 radical (unpaired) electrons. The highest BCUT2D eigenvalue weighted by Crippen LogP contribution is 2.39. The molecule has 2 nitrogen and oxygen atoms in total. The predicted molar refractivity (Wildman–Crippen MR) is 55.9 cm³/mol. The molecule has 1 heterocycles. The number of nitrogens with two attached hydrogens (primary N) is 1. The molecule has 0 fully saturated rings. The molecule has 1 aromatic carbocycles. The molecule has 0 saturated carbocycles. The molecule has 0 amide bonds. The standard InChI is InChI=1S/C10H10F3NO.ClH/c11-10(12,13)8-3-1-2-6-4-7(14)5-15-9(6)8;/h1-3,7H,4-5,14H2;1H. The fourth-order valence-electron chi connectivity index (χ4n) is 1.67. The fraction of sp³-hybridized carbons (Fsp3) is 0.400. The van der Waals surface area contributed by atoms with E-state index in [4.69, 9.17) is 10.5 Å². The van der Waals surface area contributed by atoms with E-state index in [1.165, 1.54) is 6.07 Å². The smallest absolute Gasteiger partial charge is 0.419 e. The van der Waals surface area contributed by atoms with Gasteiger partial charge >= 0.3 is 6.18 Å². The van der Waals surface area contributed by atoms with Crippen LogP contribution in [-0.4, -0.2) is 12.6 Å². The molecule has 2 rings (SSSR count). The number of para-hydroxylation sites is 1. The van der Waals surface area contributed by atoms with Gasteiger partial charge in [-0.3, -0.25) is 0 Å². The van der Waals surface area contributed by atoms with Crippen LogP contribution < -0.4 is 10.5 Å². The van der Waals surface area contributed by atoms with Crippen molar-refractivity contribution >= 4 is 12.4 Å². The number of alkyl halides is 3. The summed E-state index contributed by atoms with van der Waals surface area (Å²) in [7, 11) is 0. The minimum absolute atomic E-state index is 0. The number of hydrogen-bond acceptors (Lipinski definition) is 2. The molecule has 0 aromatic heterocycles. The van der Waals surface area contributed by atoms with Crippen molar-refractivity contribution < 1.29 is 17.9 Å². The largest absolute Gasteiger partial charge is 0.491 e. The van der Waals surface area contributed by atoms with E-state index in [1.54, 1.807) is 6.07 Å². The van der Waals surface area contributed by atoms with Crippen molar-refractivity contribution in [3.05, 3.63) is 29.3 Å². The van der Waals surface area contributed by atoms with Gasteiger partial charge in [-0.15, -0.1) is 12.4 Å². The van der Waals surface area contributed by atoms with Gasteiger partial charge in [-0.1, -0.05) is 12.1 Å². The summed E-state index contributed by atoms with van der Waals surface area (Å²) >= 11 is 0. The Kier molecular flexibility index (Phi) is 3.70. The number of rotatable bonds is 0. The Morgan fingerprint density at radius 1 is 1.31 bits per heavy atom. The normalized spacial score (nSPS) is 19.4. The Morgan fingerprint density at radius 2 is 2.00 bits per heavy atom. The van der Waals surface area contributed by atoms with Crippen LogP contribution in [0, 0.1) is 0 Å². The average molecular weight is 254 g/mol. The fourth-order valence-corrected chi connectivity index (χ4v) is 1.67. The van der Waals surface area contributed by atoms with Crippen molar-refractivity contribution in [3.63, 3.8) is 0 Å². The third kappa shape index (κ3) is 2.41. The Bertz CT molecular complexity index is 381. The second-order valence-electron chi connectivity index (χ2n) is 3.57. The van der Waals surface area contributed by atoms with Gasteiger partial charge in [0, 0.05) is 6.04 Å². The first-order chi connectivity index (χ1) is 6.98. The van der Waals surface area contributed by atoms with Crippen LogP contribution in [0.25, 0.3) is 0 Å². The summed E-state index contributed by atoms with van der Waals surface area (Å²) in [5, 5.41) is 0. The summed E-state index contributed by atoms with van der Waals surface area (Å²) in [4.78, 5) is 0. The zero-order chi connectivity index (χ0) is 11.1. The van der Waals surface area contributed by atoms with Gasteiger partial charge in [0.25, 0.3) is 0 Å². The SMILES string of the molecule is Cl.NC1COc2c(cccc2C(F)(F)F)C1. The number of ether oxygens (including phenoxy) is 1. The molecule has 0 aliphatic carbocycles. The van der Waals surface area contributed by atoms with Crippen LogP contribution in [-0.2, 0) is 12.6 Å². The van der Waals surface area contributed by atoms with Crippen molar-refractivity contribution in [3.8, 4) is 5.75 Å². The molecule has 0 spiro atoms. The number of benzene rings is 1. The highest BCUT2D eigenvalue weighted by molar-refractivity contribution is 5.85. The van der Waals surface area contributed by atoms with E-state index in [2.05, 4.69) is 0 Å². The van der Waals surface area contributed by atoms with E-state index in [1.807, 2.05) is 0 Å². The van der Waals surface area contributed by atoms with Gasteiger partial charge in [-0.2, -0.15) is 13.2 Å². The van der Waals surface area contributed by atoms with Crippen molar-refractivity contribution in [1.82, 2.24) is 0 Å². The lowest BCUT2D eigenvalue weighted by atomic mass is 10.00. The second-order valence-corrected chi connectivity index (χ2v) is 3.57.